The molecule has 0 aliphatic carbocycles. The zero-order valence-corrected chi connectivity index (χ0v) is 16.6. The summed E-state index contributed by atoms with van der Waals surface area (Å²) in [5.74, 6) is -0.853. The third-order valence-electron chi connectivity index (χ3n) is 5.71. The number of benzene rings is 2. The maximum atomic E-state index is 13.2. The van der Waals surface area contributed by atoms with Crippen molar-refractivity contribution in [3.8, 4) is 0 Å². The molecule has 2 aromatic carbocycles. The summed E-state index contributed by atoms with van der Waals surface area (Å²) in [5, 5.41) is 1.78. The van der Waals surface area contributed by atoms with Gasteiger partial charge in [0.2, 0.25) is 5.91 Å². The number of nitrogens with zero attached hydrogens (tertiary/aromatic N) is 2. The Morgan fingerprint density at radius 3 is 2.36 bits per heavy atom. The minimum absolute atomic E-state index is 0.120. The van der Waals surface area contributed by atoms with E-state index < -0.39 is 12.0 Å². The first-order chi connectivity index (χ1) is 13.5. The van der Waals surface area contributed by atoms with Crippen molar-refractivity contribution in [1.29, 1.82) is 0 Å². The van der Waals surface area contributed by atoms with Gasteiger partial charge in [0.1, 0.15) is 5.92 Å². The second-order valence-corrected chi connectivity index (χ2v) is 7.70. The third-order valence-corrected chi connectivity index (χ3v) is 5.71. The highest BCUT2D eigenvalue weighted by molar-refractivity contribution is 6.07. The number of likely N-dealkylation sites (tertiary alicyclic amines) is 1. The minimum Gasteiger partial charge on any atom is -0.280 e. The van der Waals surface area contributed by atoms with Crippen LogP contribution in [-0.2, 0) is 14.4 Å². The van der Waals surface area contributed by atoms with Gasteiger partial charge in [-0.2, -0.15) is 0 Å². The molecule has 2 aliphatic heterocycles. The minimum atomic E-state index is -0.754. The van der Waals surface area contributed by atoms with Gasteiger partial charge in [-0.05, 0) is 37.5 Å². The van der Waals surface area contributed by atoms with E-state index in [1.165, 1.54) is 4.90 Å². The Labute approximate surface area is 165 Å². The largest absolute Gasteiger partial charge is 0.280 e. The van der Waals surface area contributed by atoms with Crippen LogP contribution in [0.25, 0.3) is 0 Å². The monoisotopic (exact) mass is 378 g/mol. The van der Waals surface area contributed by atoms with Crippen molar-refractivity contribution >= 4 is 17.5 Å². The summed E-state index contributed by atoms with van der Waals surface area (Å²) in [7, 11) is 0. The Balaban J connectivity index is 1.76. The number of imide groups is 1. The van der Waals surface area contributed by atoms with Gasteiger partial charge in [-0.1, -0.05) is 61.4 Å². The first kappa shape index (κ1) is 18.7. The van der Waals surface area contributed by atoms with Gasteiger partial charge >= 0.3 is 0 Å². The number of unbranched alkanes of at least 4 members (excludes halogenated alkanes) is 1. The van der Waals surface area contributed by atoms with E-state index in [1.807, 2.05) is 62.4 Å². The maximum absolute atomic E-state index is 13.2. The fourth-order valence-corrected chi connectivity index (χ4v) is 4.13. The molecule has 5 nitrogen and oxygen atoms in total. The molecule has 2 amide bonds. The van der Waals surface area contributed by atoms with Crippen LogP contribution >= 0.6 is 0 Å². The standard InChI is InChI=1S/C23H26N2O3/c1-4-5-14-24-22(26)19-20(17-12-10-15(2)11-13-17)25(28-21(19)23(24)27)18-9-7-6-8-16(18)3/h6-13,19-21H,4-5,14H2,1-3H3. The molecule has 3 atom stereocenters. The van der Waals surface area contributed by atoms with Crippen LogP contribution in [0.5, 0.6) is 0 Å². The second-order valence-electron chi connectivity index (χ2n) is 7.70. The van der Waals surface area contributed by atoms with Crippen LogP contribution in [0.1, 0.15) is 42.5 Å². The molecule has 5 heteroatoms. The van der Waals surface area contributed by atoms with E-state index in [2.05, 4.69) is 6.92 Å². The fraction of sp³-hybridized carbons (Fsp3) is 0.391. The number of aryl methyl sites for hydroxylation is 2. The maximum Gasteiger partial charge on any atom is 0.261 e. The lowest BCUT2D eigenvalue weighted by Crippen LogP contribution is -2.38. The van der Waals surface area contributed by atoms with E-state index >= 15 is 0 Å². The summed E-state index contributed by atoms with van der Waals surface area (Å²) < 4.78 is 0. The van der Waals surface area contributed by atoms with Gasteiger partial charge in [0.05, 0.1) is 11.7 Å². The van der Waals surface area contributed by atoms with Crippen molar-refractivity contribution < 1.29 is 14.4 Å². The topological polar surface area (TPSA) is 49.9 Å². The Morgan fingerprint density at radius 2 is 1.68 bits per heavy atom. The molecule has 2 heterocycles. The van der Waals surface area contributed by atoms with E-state index in [0.29, 0.717) is 6.54 Å². The second kappa shape index (κ2) is 7.40. The van der Waals surface area contributed by atoms with Crippen molar-refractivity contribution in [3.05, 3.63) is 65.2 Å². The number of anilines is 1. The van der Waals surface area contributed by atoms with E-state index in [4.69, 9.17) is 4.84 Å². The van der Waals surface area contributed by atoms with Crippen LogP contribution in [0, 0.1) is 19.8 Å². The third kappa shape index (κ3) is 3.00. The van der Waals surface area contributed by atoms with Crippen molar-refractivity contribution in [1.82, 2.24) is 4.90 Å². The Kier molecular flexibility index (Phi) is 4.94. The molecule has 0 radical (unpaired) electrons. The molecule has 2 fully saturated rings. The van der Waals surface area contributed by atoms with Gasteiger partial charge in [0.25, 0.3) is 5.91 Å². The quantitative estimate of drug-likeness (QED) is 0.739. The lowest BCUT2D eigenvalue weighted by atomic mass is 9.90. The van der Waals surface area contributed by atoms with Gasteiger partial charge in [-0.3, -0.25) is 19.3 Å². The molecule has 0 saturated carbocycles. The van der Waals surface area contributed by atoms with Crippen molar-refractivity contribution in [2.24, 2.45) is 5.92 Å². The zero-order chi connectivity index (χ0) is 19.8. The first-order valence-electron chi connectivity index (χ1n) is 9.96. The number of hydroxylamine groups is 1. The van der Waals surface area contributed by atoms with Gasteiger partial charge in [-0.15, -0.1) is 0 Å². The number of para-hydroxylation sites is 1. The van der Waals surface area contributed by atoms with Crippen LogP contribution in [0.3, 0.4) is 0 Å². The number of carbonyl (C=O) groups is 2. The van der Waals surface area contributed by atoms with Crippen LogP contribution in [0.2, 0.25) is 0 Å². The number of hydrogen-bond donors (Lipinski definition) is 0. The van der Waals surface area contributed by atoms with Crippen molar-refractivity contribution in [2.45, 2.75) is 45.8 Å². The Hall–Kier alpha value is -2.66. The molecule has 2 aromatic rings. The first-order valence-corrected chi connectivity index (χ1v) is 9.96. The highest BCUT2D eigenvalue weighted by Crippen LogP contribution is 2.47. The smallest absolute Gasteiger partial charge is 0.261 e. The zero-order valence-electron chi connectivity index (χ0n) is 16.6. The highest BCUT2D eigenvalue weighted by atomic mass is 16.7. The van der Waals surface area contributed by atoms with Crippen molar-refractivity contribution in [3.63, 3.8) is 0 Å². The van der Waals surface area contributed by atoms with E-state index in [-0.39, 0.29) is 17.9 Å². The number of carbonyl (C=O) groups excluding carboxylic acids is 2. The van der Waals surface area contributed by atoms with Gasteiger partial charge in [0, 0.05) is 6.54 Å². The molecule has 0 N–H and O–H groups in total. The summed E-state index contributed by atoms with van der Waals surface area (Å²) in [6.07, 6.45) is 0.993. The predicted molar refractivity (Wildman–Crippen MR) is 108 cm³/mol. The Bertz CT molecular complexity index is 893. The normalized spacial score (nSPS) is 24.2. The number of hydrogen-bond acceptors (Lipinski definition) is 4. The molecule has 3 unspecified atom stereocenters. The summed E-state index contributed by atoms with van der Waals surface area (Å²) in [6, 6.07) is 15.7. The number of fused-ring (bicyclic) bond motifs is 1. The molecule has 0 bridgehead atoms. The predicted octanol–water partition coefficient (Wildman–Crippen LogP) is 3.95. The fourth-order valence-electron chi connectivity index (χ4n) is 4.13. The van der Waals surface area contributed by atoms with Crippen LogP contribution in [0.4, 0.5) is 5.69 Å². The van der Waals surface area contributed by atoms with E-state index in [1.54, 1.807) is 5.06 Å². The molecule has 4 rings (SSSR count). The SMILES string of the molecule is CCCCN1C(=O)C2ON(c3ccccc3C)C(c3ccc(C)cc3)C2C1=O. The lowest BCUT2D eigenvalue weighted by Gasteiger charge is -2.29. The molecule has 2 aliphatic rings. The molecule has 0 spiro atoms. The molecular formula is C23H26N2O3. The average Bonchev–Trinajstić information content (AvgIpc) is 3.18. The molecule has 2 saturated heterocycles. The average molecular weight is 378 g/mol. The number of amides is 2. The lowest BCUT2D eigenvalue weighted by molar-refractivity contribution is -0.143. The summed E-state index contributed by atoms with van der Waals surface area (Å²) in [6.45, 7) is 6.57. The van der Waals surface area contributed by atoms with Crippen molar-refractivity contribution in [2.75, 3.05) is 11.6 Å². The molecular weight excluding hydrogens is 352 g/mol. The van der Waals surface area contributed by atoms with E-state index in [0.717, 1.165) is 35.2 Å². The molecule has 146 valence electrons. The summed E-state index contributed by atoms with van der Waals surface area (Å²) in [5.41, 5.74) is 4.07. The number of rotatable bonds is 5. The summed E-state index contributed by atoms with van der Waals surface area (Å²) in [4.78, 5) is 33.7. The summed E-state index contributed by atoms with van der Waals surface area (Å²) >= 11 is 0. The van der Waals surface area contributed by atoms with Gasteiger partial charge in [-0.25, -0.2) is 5.06 Å². The van der Waals surface area contributed by atoms with Crippen LogP contribution < -0.4 is 5.06 Å². The van der Waals surface area contributed by atoms with Gasteiger partial charge < -0.3 is 0 Å². The molecule has 0 aromatic heterocycles. The van der Waals surface area contributed by atoms with Gasteiger partial charge in [0.15, 0.2) is 6.10 Å². The highest BCUT2D eigenvalue weighted by Gasteiger charge is 2.59. The molecule has 28 heavy (non-hydrogen) atoms. The van der Waals surface area contributed by atoms with E-state index in [9.17, 15) is 9.59 Å². The Morgan fingerprint density at radius 1 is 0.964 bits per heavy atom. The van der Waals surface area contributed by atoms with Crippen LogP contribution in [0.15, 0.2) is 48.5 Å². The van der Waals surface area contributed by atoms with Crippen LogP contribution in [-0.4, -0.2) is 29.4 Å².